The molecule has 0 radical (unpaired) electrons. The predicted octanol–water partition coefficient (Wildman–Crippen LogP) is 2.63. The van der Waals surface area contributed by atoms with Crippen LogP contribution in [0.3, 0.4) is 0 Å². The van der Waals surface area contributed by atoms with Crippen molar-refractivity contribution in [3.8, 4) is 11.5 Å². The van der Waals surface area contributed by atoms with E-state index in [4.69, 9.17) is 9.47 Å². The van der Waals surface area contributed by atoms with Crippen LogP contribution < -0.4 is 9.47 Å². The molecule has 0 aromatic heterocycles. The van der Waals surface area contributed by atoms with Crippen LogP contribution in [0.2, 0.25) is 0 Å². The molecule has 112 valence electrons. The van der Waals surface area contributed by atoms with Crippen molar-refractivity contribution >= 4 is 28.9 Å². The van der Waals surface area contributed by atoms with Crippen LogP contribution in [0, 0.1) is 0 Å². The van der Waals surface area contributed by atoms with Crippen molar-refractivity contribution in [1.82, 2.24) is 4.90 Å². The van der Waals surface area contributed by atoms with Crippen LogP contribution in [0.4, 0.5) is 0 Å². The number of amides is 1. The minimum absolute atomic E-state index is 0.0469. The van der Waals surface area contributed by atoms with Gasteiger partial charge in [0.2, 0.25) is 0 Å². The van der Waals surface area contributed by atoms with Gasteiger partial charge in [0, 0.05) is 14.1 Å². The van der Waals surface area contributed by atoms with E-state index in [0.29, 0.717) is 28.2 Å². The first-order chi connectivity index (χ1) is 10.1. The van der Waals surface area contributed by atoms with E-state index in [2.05, 4.69) is 4.99 Å². The van der Waals surface area contributed by atoms with Crippen molar-refractivity contribution in [1.29, 1.82) is 0 Å². The first kappa shape index (κ1) is 15.4. The zero-order chi connectivity index (χ0) is 15.4. The van der Waals surface area contributed by atoms with Gasteiger partial charge in [-0.05, 0) is 42.5 Å². The van der Waals surface area contributed by atoms with Crippen LogP contribution in [-0.2, 0) is 4.79 Å². The van der Waals surface area contributed by atoms with Gasteiger partial charge in [-0.1, -0.05) is 6.07 Å². The lowest BCUT2D eigenvalue weighted by Gasteiger charge is -2.09. The zero-order valence-corrected chi connectivity index (χ0v) is 13.4. The quantitative estimate of drug-likeness (QED) is 0.802. The molecule has 1 saturated heterocycles. The molecular weight excluding hydrogens is 288 g/mol. The summed E-state index contributed by atoms with van der Waals surface area (Å²) in [6.07, 6.45) is 1.84. The van der Waals surface area contributed by atoms with E-state index in [9.17, 15) is 4.79 Å². The summed E-state index contributed by atoms with van der Waals surface area (Å²) in [5, 5.41) is 0.699. The molecule has 1 heterocycles. The van der Waals surface area contributed by atoms with Gasteiger partial charge in [0.25, 0.3) is 5.91 Å². The number of nitrogens with zero attached hydrogens (tertiary/aromatic N) is 2. The fourth-order valence-corrected chi connectivity index (χ4v) is 2.88. The van der Waals surface area contributed by atoms with E-state index < -0.39 is 0 Å². The summed E-state index contributed by atoms with van der Waals surface area (Å²) >= 11 is 1.37. The Hall–Kier alpha value is -1.95. The number of methoxy groups -OCH3 is 1. The number of ether oxygens (including phenoxy) is 2. The molecule has 1 fully saturated rings. The van der Waals surface area contributed by atoms with Gasteiger partial charge < -0.3 is 9.47 Å². The molecular formula is C15H18N2O3S. The first-order valence-electron chi connectivity index (χ1n) is 6.56. The maximum Gasteiger partial charge on any atom is 0.266 e. The van der Waals surface area contributed by atoms with Crippen LogP contribution in [-0.4, -0.2) is 43.8 Å². The van der Waals surface area contributed by atoms with Gasteiger partial charge in [0.1, 0.15) is 0 Å². The number of hydrogen-bond donors (Lipinski definition) is 0. The average Bonchev–Trinajstić information content (AvgIpc) is 2.76. The summed E-state index contributed by atoms with van der Waals surface area (Å²) in [5.74, 6) is 1.30. The van der Waals surface area contributed by atoms with E-state index in [0.717, 1.165) is 5.56 Å². The fourth-order valence-electron chi connectivity index (χ4n) is 1.95. The Morgan fingerprint density at radius 1 is 1.38 bits per heavy atom. The summed E-state index contributed by atoms with van der Waals surface area (Å²) < 4.78 is 10.8. The Morgan fingerprint density at radius 2 is 2.14 bits per heavy atom. The minimum atomic E-state index is -0.0469. The Morgan fingerprint density at radius 3 is 2.71 bits per heavy atom. The highest BCUT2D eigenvalue weighted by atomic mass is 32.2. The van der Waals surface area contributed by atoms with Gasteiger partial charge in [-0.3, -0.25) is 14.7 Å². The summed E-state index contributed by atoms with van der Waals surface area (Å²) in [4.78, 5) is 18.4. The van der Waals surface area contributed by atoms with Crippen molar-refractivity contribution in [2.75, 3.05) is 27.8 Å². The molecule has 1 aliphatic heterocycles. The summed E-state index contributed by atoms with van der Waals surface area (Å²) in [7, 11) is 5.00. The zero-order valence-electron chi connectivity index (χ0n) is 12.5. The third kappa shape index (κ3) is 3.21. The molecule has 2 rings (SSSR count). The summed E-state index contributed by atoms with van der Waals surface area (Å²) in [6, 6.07) is 5.59. The number of amidine groups is 1. The molecule has 0 bridgehead atoms. The number of likely N-dealkylation sites (N-methyl/N-ethyl adjacent to an activating group) is 1. The van der Waals surface area contributed by atoms with Crippen LogP contribution in [0.15, 0.2) is 28.1 Å². The number of carbonyl (C=O) groups excluding carboxylic acids is 1. The minimum Gasteiger partial charge on any atom is -0.493 e. The maximum absolute atomic E-state index is 12.1. The second kappa shape index (κ2) is 6.67. The lowest BCUT2D eigenvalue weighted by Crippen LogP contribution is -2.23. The van der Waals surface area contributed by atoms with Crippen molar-refractivity contribution in [3.63, 3.8) is 0 Å². The Labute approximate surface area is 128 Å². The topological polar surface area (TPSA) is 51.1 Å². The second-order valence-electron chi connectivity index (χ2n) is 4.32. The van der Waals surface area contributed by atoms with Gasteiger partial charge in [0.15, 0.2) is 16.7 Å². The average molecular weight is 306 g/mol. The van der Waals surface area contributed by atoms with Crippen molar-refractivity contribution < 1.29 is 14.3 Å². The van der Waals surface area contributed by atoms with Gasteiger partial charge in [-0.25, -0.2) is 0 Å². The number of benzene rings is 1. The molecule has 0 spiro atoms. The normalized spacial score (nSPS) is 18.7. The van der Waals surface area contributed by atoms with Gasteiger partial charge in [0.05, 0.1) is 18.6 Å². The molecule has 1 aromatic rings. The molecule has 21 heavy (non-hydrogen) atoms. The van der Waals surface area contributed by atoms with E-state index in [1.54, 1.807) is 26.1 Å². The van der Waals surface area contributed by atoms with Gasteiger partial charge in [-0.2, -0.15) is 0 Å². The third-order valence-corrected chi connectivity index (χ3v) is 4.13. The molecule has 1 aliphatic rings. The van der Waals surface area contributed by atoms with Crippen molar-refractivity contribution in [3.05, 3.63) is 28.7 Å². The second-order valence-corrected chi connectivity index (χ2v) is 5.33. The van der Waals surface area contributed by atoms with Gasteiger partial charge >= 0.3 is 0 Å². The Bertz CT molecular complexity index is 611. The molecule has 6 heteroatoms. The molecule has 1 amide bonds. The maximum atomic E-state index is 12.1. The molecule has 0 aliphatic carbocycles. The number of carbonyl (C=O) groups is 1. The van der Waals surface area contributed by atoms with E-state index in [-0.39, 0.29) is 5.91 Å². The molecule has 0 saturated carbocycles. The highest BCUT2D eigenvalue weighted by Crippen LogP contribution is 2.33. The van der Waals surface area contributed by atoms with Crippen LogP contribution in [0.5, 0.6) is 11.5 Å². The highest BCUT2D eigenvalue weighted by Gasteiger charge is 2.29. The molecule has 0 N–H and O–H groups in total. The van der Waals surface area contributed by atoms with Crippen molar-refractivity contribution in [2.24, 2.45) is 4.99 Å². The van der Waals surface area contributed by atoms with Crippen molar-refractivity contribution in [2.45, 2.75) is 6.92 Å². The number of thioether (sulfide) groups is 1. The summed E-state index contributed by atoms with van der Waals surface area (Å²) in [5.41, 5.74) is 0.890. The number of rotatable bonds is 4. The Balaban J connectivity index is 2.33. The van der Waals surface area contributed by atoms with Crippen LogP contribution >= 0.6 is 11.8 Å². The van der Waals surface area contributed by atoms with E-state index in [1.165, 1.54) is 11.8 Å². The predicted molar refractivity (Wildman–Crippen MR) is 85.9 cm³/mol. The number of aliphatic imine (C=N–C) groups is 1. The van der Waals surface area contributed by atoms with Crippen LogP contribution in [0.1, 0.15) is 12.5 Å². The molecule has 1 aromatic carbocycles. The summed E-state index contributed by atoms with van der Waals surface area (Å²) in [6.45, 7) is 2.47. The first-order valence-corrected chi connectivity index (χ1v) is 7.37. The Kier molecular flexibility index (Phi) is 4.90. The lowest BCUT2D eigenvalue weighted by molar-refractivity contribution is -0.121. The number of hydrogen-bond acceptors (Lipinski definition) is 5. The molecule has 0 unspecified atom stereocenters. The van der Waals surface area contributed by atoms with Gasteiger partial charge in [-0.15, -0.1) is 0 Å². The lowest BCUT2D eigenvalue weighted by atomic mass is 10.2. The SMILES string of the molecule is CCOc1cc(/C=C2\SC(=NC)N(C)C2=O)ccc1OC. The third-order valence-electron chi connectivity index (χ3n) is 2.98. The highest BCUT2D eigenvalue weighted by molar-refractivity contribution is 8.18. The van der Waals surface area contributed by atoms with Crippen LogP contribution in [0.25, 0.3) is 6.08 Å². The largest absolute Gasteiger partial charge is 0.493 e. The standard InChI is InChI=1S/C15H18N2O3S/c1-5-20-12-8-10(6-7-11(12)19-4)9-13-14(18)17(3)15(16-2)21-13/h6-9H,5H2,1-4H3/b13-9-,16-15?. The fraction of sp³-hybridized carbons (Fsp3) is 0.333. The monoisotopic (exact) mass is 306 g/mol. The molecule has 5 nitrogen and oxygen atoms in total. The smallest absolute Gasteiger partial charge is 0.266 e. The van der Waals surface area contributed by atoms with E-state index >= 15 is 0 Å². The molecule has 0 atom stereocenters. The van der Waals surface area contributed by atoms with E-state index in [1.807, 2.05) is 31.2 Å².